The Morgan fingerprint density at radius 2 is 0.694 bits per heavy atom. The van der Waals surface area contributed by atoms with Crippen molar-refractivity contribution in [1.29, 1.82) is 0 Å². The number of methoxy groups -OCH3 is 2. The van der Waals surface area contributed by atoms with Gasteiger partial charge in [0.15, 0.2) is 0 Å². The molecule has 0 saturated heterocycles. The van der Waals surface area contributed by atoms with Crippen LogP contribution in [0.15, 0.2) is 194 Å². The molecule has 10 aromatic rings. The van der Waals surface area contributed by atoms with Crippen LogP contribution in [0.1, 0.15) is 20.7 Å². The van der Waals surface area contributed by atoms with Gasteiger partial charge in [-0.05, 0) is 103 Å². The third kappa shape index (κ3) is 6.83. The van der Waals surface area contributed by atoms with E-state index >= 15 is 0 Å². The molecule has 0 aliphatic carbocycles. The molecule has 0 spiro atoms. The van der Waals surface area contributed by atoms with Crippen LogP contribution in [0.3, 0.4) is 0 Å². The summed E-state index contributed by atoms with van der Waals surface area (Å²) in [6.45, 7) is 0. The molecular formula is C56H38O6. The average Bonchev–Trinajstić information content (AvgIpc) is 3.34. The highest BCUT2D eigenvalue weighted by molar-refractivity contribution is 6.12. The predicted octanol–water partition coefficient (Wildman–Crippen LogP) is 14.5. The first kappa shape index (κ1) is 38.0. The van der Waals surface area contributed by atoms with Crippen LogP contribution in [0.4, 0.5) is 0 Å². The van der Waals surface area contributed by atoms with E-state index in [1.807, 2.05) is 109 Å². The summed E-state index contributed by atoms with van der Waals surface area (Å²) in [6.07, 6.45) is 0. The Kier molecular flexibility index (Phi) is 9.87. The van der Waals surface area contributed by atoms with E-state index in [1.165, 1.54) is 14.2 Å². The van der Waals surface area contributed by atoms with E-state index in [0.717, 1.165) is 76.5 Å². The Hall–Kier alpha value is -8.22. The molecule has 0 bridgehead atoms. The summed E-state index contributed by atoms with van der Waals surface area (Å²) >= 11 is 0. The molecule has 0 amide bonds. The van der Waals surface area contributed by atoms with Gasteiger partial charge in [0.2, 0.25) is 0 Å². The summed E-state index contributed by atoms with van der Waals surface area (Å²) in [4.78, 5) is 25.8. The third-order valence-electron chi connectivity index (χ3n) is 11.4. The second kappa shape index (κ2) is 16.1. The van der Waals surface area contributed by atoms with Crippen LogP contribution in [0, 0.1) is 0 Å². The standard InChI is InChI=1S/C56H38O6/c1-59-55(57)47-27-31-49(45-19-11-9-17-43(45)47)61-51-29-23-39-33-37(35-13-5-3-6-14-35)21-25-41(39)53(51)54-42-26-22-38(36-15-7-4-8-16-36)34-40(42)24-30-52(54)62-50-32-28-48(56(58)60-2)44-18-10-12-20-46(44)50/h3-34H,1-2H3. The Morgan fingerprint density at radius 3 is 1.10 bits per heavy atom. The number of hydrogen-bond donors (Lipinski definition) is 0. The fourth-order valence-corrected chi connectivity index (χ4v) is 8.46. The van der Waals surface area contributed by atoms with Crippen molar-refractivity contribution in [2.75, 3.05) is 14.2 Å². The van der Waals surface area contributed by atoms with Crippen molar-refractivity contribution in [2.45, 2.75) is 0 Å². The van der Waals surface area contributed by atoms with E-state index < -0.39 is 11.9 Å². The molecule has 62 heavy (non-hydrogen) atoms. The SMILES string of the molecule is COC(=O)c1ccc(Oc2ccc3cc(-c4ccccc4)ccc3c2-c2c(Oc3ccc(C(=O)OC)c4ccccc34)ccc3cc(-c4ccccc4)ccc23)c2ccccc12. The minimum atomic E-state index is -0.423. The molecule has 0 aliphatic heterocycles. The molecule has 0 atom stereocenters. The van der Waals surface area contributed by atoms with Crippen molar-refractivity contribution in [3.8, 4) is 56.4 Å². The van der Waals surface area contributed by atoms with E-state index in [-0.39, 0.29) is 0 Å². The highest BCUT2D eigenvalue weighted by Gasteiger charge is 2.23. The van der Waals surface area contributed by atoms with E-state index in [0.29, 0.717) is 34.1 Å². The maximum atomic E-state index is 12.9. The third-order valence-corrected chi connectivity index (χ3v) is 11.4. The minimum absolute atomic E-state index is 0.423. The number of fused-ring (bicyclic) bond motifs is 4. The molecule has 0 radical (unpaired) electrons. The fourth-order valence-electron chi connectivity index (χ4n) is 8.46. The van der Waals surface area contributed by atoms with Crippen LogP contribution >= 0.6 is 0 Å². The lowest BCUT2D eigenvalue weighted by Crippen LogP contribution is -2.03. The van der Waals surface area contributed by atoms with Gasteiger partial charge in [-0.15, -0.1) is 0 Å². The zero-order valence-electron chi connectivity index (χ0n) is 33.9. The van der Waals surface area contributed by atoms with E-state index in [4.69, 9.17) is 18.9 Å². The van der Waals surface area contributed by atoms with Crippen molar-refractivity contribution in [3.05, 3.63) is 205 Å². The lowest BCUT2D eigenvalue weighted by Gasteiger charge is -2.21. The van der Waals surface area contributed by atoms with Gasteiger partial charge in [-0.25, -0.2) is 9.59 Å². The average molecular weight is 807 g/mol. The monoisotopic (exact) mass is 806 g/mol. The van der Waals surface area contributed by atoms with Crippen molar-refractivity contribution in [2.24, 2.45) is 0 Å². The van der Waals surface area contributed by atoms with Crippen LogP contribution in [0.2, 0.25) is 0 Å². The molecule has 10 rings (SSSR count). The smallest absolute Gasteiger partial charge is 0.338 e. The zero-order chi connectivity index (χ0) is 42.2. The molecule has 10 aromatic carbocycles. The summed E-state index contributed by atoms with van der Waals surface area (Å²) in [7, 11) is 2.77. The van der Waals surface area contributed by atoms with Gasteiger partial charge < -0.3 is 18.9 Å². The Morgan fingerprint density at radius 1 is 0.323 bits per heavy atom. The quantitative estimate of drug-likeness (QED) is 0.135. The van der Waals surface area contributed by atoms with Gasteiger partial charge in [-0.2, -0.15) is 0 Å². The summed E-state index contributed by atoms with van der Waals surface area (Å²) < 4.78 is 24.4. The second-order valence-electron chi connectivity index (χ2n) is 15.0. The molecule has 0 aromatic heterocycles. The molecular weight excluding hydrogens is 769 g/mol. The largest absolute Gasteiger partial charge is 0.465 e. The minimum Gasteiger partial charge on any atom is -0.465 e. The lowest BCUT2D eigenvalue weighted by atomic mass is 9.90. The molecule has 0 N–H and O–H groups in total. The molecule has 298 valence electrons. The molecule has 0 fully saturated rings. The number of benzene rings is 10. The van der Waals surface area contributed by atoms with Crippen LogP contribution in [-0.4, -0.2) is 26.2 Å². The fraction of sp³-hybridized carbons (Fsp3) is 0.0357. The Labute approximate surface area is 358 Å². The van der Waals surface area contributed by atoms with Gasteiger partial charge >= 0.3 is 11.9 Å². The molecule has 6 nitrogen and oxygen atoms in total. The van der Waals surface area contributed by atoms with Gasteiger partial charge in [0, 0.05) is 21.9 Å². The first-order valence-electron chi connectivity index (χ1n) is 20.3. The number of carbonyl (C=O) groups excluding carboxylic acids is 2. The van der Waals surface area contributed by atoms with Gasteiger partial charge in [0.05, 0.1) is 25.3 Å². The summed E-state index contributed by atoms with van der Waals surface area (Å²) in [6, 6.07) is 64.3. The number of rotatable bonds is 9. The van der Waals surface area contributed by atoms with Crippen molar-refractivity contribution < 1.29 is 28.5 Å². The first-order chi connectivity index (χ1) is 30.5. The number of carbonyl (C=O) groups is 2. The molecule has 0 aliphatic rings. The van der Waals surface area contributed by atoms with Crippen LogP contribution in [-0.2, 0) is 9.47 Å². The van der Waals surface area contributed by atoms with Crippen molar-refractivity contribution in [1.82, 2.24) is 0 Å². The van der Waals surface area contributed by atoms with Gasteiger partial charge in [-0.3, -0.25) is 0 Å². The Balaban J connectivity index is 1.25. The zero-order valence-corrected chi connectivity index (χ0v) is 33.9. The normalized spacial score (nSPS) is 11.2. The molecule has 0 unspecified atom stereocenters. The van der Waals surface area contributed by atoms with Crippen molar-refractivity contribution >= 4 is 55.0 Å². The van der Waals surface area contributed by atoms with Crippen molar-refractivity contribution in [3.63, 3.8) is 0 Å². The van der Waals surface area contributed by atoms with E-state index in [2.05, 4.69) is 72.8 Å². The number of ether oxygens (including phenoxy) is 4. The van der Waals surface area contributed by atoms with E-state index in [1.54, 1.807) is 12.1 Å². The highest BCUT2D eigenvalue weighted by Crippen LogP contribution is 2.50. The van der Waals surface area contributed by atoms with Crippen LogP contribution in [0.5, 0.6) is 23.0 Å². The van der Waals surface area contributed by atoms with Gasteiger partial charge in [-0.1, -0.05) is 146 Å². The first-order valence-corrected chi connectivity index (χ1v) is 20.3. The second-order valence-corrected chi connectivity index (χ2v) is 15.0. The summed E-state index contributed by atoms with van der Waals surface area (Å²) in [5.74, 6) is 1.50. The predicted molar refractivity (Wildman–Crippen MR) is 248 cm³/mol. The van der Waals surface area contributed by atoms with Crippen LogP contribution < -0.4 is 9.47 Å². The molecule has 0 saturated carbocycles. The maximum Gasteiger partial charge on any atom is 0.338 e. The molecule has 0 heterocycles. The van der Waals surface area contributed by atoms with Gasteiger partial charge in [0.25, 0.3) is 0 Å². The summed E-state index contributed by atoms with van der Waals surface area (Å²) in [5, 5.41) is 6.89. The summed E-state index contributed by atoms with van der Waals surface area (Å²) in [5.41, 5.74) is 6.94. The topological polar surface area (TPSA) is 71.1 Å². The lowest BCUT2D eigenvalue weighted by molar-refractivity contribution is 0.0594. The van der Waals surface area contributed by atoms with Crippen LogP contribution in [0.25, 0.3) is 76.5 Å². The number of esters is 2. The molecule has 6 heteroatoms. The van der Waals surface area contributed by atoms with Gasteiger partial charge in [0.1, 0.15) is 23.0 Å². The Bertz CT molecular complexity index is 3130. The highest BCUT2D eigenvalue weighted by atomic mass is 16.5. The van der Waals surface area contributed by atoms with E-state index in [9.17, 15) is 9.59 Å². The number of hydrogen-bond acceptors (Lipinski definition) is 6. The maximum absolute atomic E-state index is 12.9.